The first-order valence-electron chi connectivity index (χ1n) is 13.3. The average molecular weight is 552 g/mol. The van der Waals surface area contributed by atoms with Gasteiger partial charge in [-0.25, -0.2) is 5.43 Å². The lowest BCUT2D eigenvalue weighted by atomic mass is 10.00. The summed E-state index contributed by atoms with van der Waals surface area (Å²) in [5.74, 6) is -1.15. The van der Waals surface area contributed by atoms with Gasteiger partial charge in [0.1, 0.15) is 11.4 Å². The standard InChI is InChI=1S/C25H26N4O3.C8H11N/c1-17-8-13-23(30)20(14-17)16-27-29-25(32)22(15-18-9-11-21(26-2)12-10-18)28-24(31)19-6-4-3-5-7-19;1-9(2)8-6-4-3-5-7-8/h3-6,8-16,19,26,30H,7H2,1-2H3,(H,28,31)(H,29,32);3-7H,1-2H3/b22-15-,27-16+;. The first-order chi connectivity index (χ1) is 19.8. The number of anilines is 2. The van der Waals surface area contributed by atoms with E-state index < -0.39 is 5.91 Å². The Morgan fingerprint density at radius 3 is 2.34 bits per heavy atom. The molecule has 4 rings (SSSR count). The maximum absolute atomic E-state index is 12.8. The van der Waals surface area contributed by atoms with Gasteiger partial charge in [0.15, 0.2) is 0 Å². The Hall–Kier alpha value is -5.11. The Morgan fingerprint density at radius 2 is 1.73 bits per heavy atom. The van der Waals surface area contributed by atoms with E-state index in [4.69, 9.17) is 0 Å². The number of hydrogen-bond donors (Lipinski definition) is 4. The molecule has 1 aliphatic carbocycles. The summed E-state index contributed by atoms with van der Waals surface area (Å²) in [7, 11) is 5.89. The molecule has 0 heterocycles. The van der Waals surface area contributed by atoms with Crippen molar-refractivity contribution in [1.82, 2.24) is 10.7 Å². The van der Waals surface area contributed by atoms with Crippen LogP contribution in [-0.4, -0.2) is 44.3 Å². The third kappa shape index (κ3) is 9.85. The van der Waals surface area contributed by atoms with Crippen molar-refractivity contribution in [2.75, 3.05) is 31.4 Å². The monoisotopic (exact) mass is 551 g/mol. The summed E-state index contributed by atoms with van der Waals surface area (Å²) >= 11 is 0. The number of allylic oxidation sites excluding steroid dienone is 3. The molecule has 0 saturated carbocycles. The fraction of sp³-hybridized carbons (Fsp3) is 0.182. The number of carbonyl (C=O) groups excluding carboxylic acids is 2. The van der Waals surface area contributed by atoms with Crippen molar-refractivity contribution in [2.45, 2.75) is 13.3 Å². The number of hydrogen-bond acceptors (Lipinski definition) is 6. The maximum atomic E-state index is 12.8. The van der Waals surface area contributed by atoms with E-state index in [1.807, 2.05) is 88.8 Å². The average Bonchev–Trinajstić information content (AvgIpc) is 3.00. The summed E-state index contributed by atoms with van der Waals surface area (Å²) in [6.07, 6.45) is 10.9. The van der Waals surface area contributed by atoms with Crippen LogP contribution in [0.2, 0.25) is 0 Å². The van der Waals surface area contributed by atoms with E-state index in [0.717, 1.165) is 16.8 Å². The molecule has 4 N–H and O–H groups in total. The Balaban J connectivity index is 0.000000436. The molecule has 212 valence electrons. The smallest absolute Gasteiger partial charge is 0.287 e. The molecule has 0 aliphatic heterocycles. The van der Waals surface area contributed by atoms with Crippen LogP contribution in [0.1, 0.15) is 23.1 Å². The van der Waals surface area contributed by atoms with Gasteiger partial charge in [0.2, 0.25) is 5.91 Å². The minimum absolute atomic E-state index is 0.0550. The van der Waals surface area contributed by atoms with Crippen LogP contribution in [0.4, 0.5) is 11.4 Å². The molecule has 2 amide bonds. The van der Waals surface area contributed by atoms with Crippen LogP contribution >= 0.6 is 0 Å². The third-order valence-corrected chi connectivity index (χ3v) is 6.16. The normalized spacial score (nSPS) is 14.1. The van der Waals surface area contributed by atoms with Gasteiger partial charge in [-0.2, -0.15) is 5.10 Å². The van der Waals surface area contributed by atoms with Gasteiger partial charge in [0, 0.05) is 38.1 Å². The van der Waals surface area contributed by atoms with E-state index in [1.54, 1.807) is 30.4 Å². The van der Waals surface area contributed by atoms with Crippen molar-refractivity contribution >= 4 is 35.5 Å². The second kappa shape index (κ2) is 15.5. The molecule has 0 aromatic heterocycles. The van der Waals surface area contributed by atoms with Gasteiger partial charge in [0.05, 0.1) is 12.1 Å². The number of nitrogens with zero attached hydrogens (tertiary/aromatic N) is 2. The number of rotatable bonds is 8. The Kier molecular flexibility index (Phi) is 11.5. The second-order valence-electron chi connectivity index (χ2n) is 9.57. The maximum Gasteiger partial charge on any atom is 0.287 e. The van der Waals surface area contributed by atoms with Crippen molar-refractivity contribution in [2.24, 2.45) is 11.0 Å². The number of aromatic hydroxyl groups is 1. The highest BCUT2D eigenvalue weighted by Crippen LogP contribution is 2.17. The number of carbonyl (C=O) groups is 2. The molecule has 0 radical (unpaired) electrons. The first kappa shape index (κ1) is 30.4. The number of phenols is 1. The highest BCUT2D eigenvalue weighted by atomic mass is 16.3. The number of nitrogens with one attached hydrogen (secondary N) is 3. The second-order valence-corrected chi connectivity index (χ2v) is 9.57. The van der Waals surface area contributed by atoms with Crippen LogP contribution in [0.5, 0.6) is 5.75 Å². The van der Waals surface area contributed by atoms with Crippen molar-refractivity contribution in [3.05, 3.63) is 119 Å². The summed E-state index contributed by atoms with van der Waals surface area (Å²) in [6.45, 7) is 1.89. The van der Waals surface area contributed by atoms with Crippen LogP contribution in [0, 0.1) is 12.8 Å². The summed E-state index contributed by atoms with van der Waals surface area (Å²) in [5, 5.41) is 19.6. The lowest BCUT2D eigenvalue weighted by molar-refractivity contribution is -0.125. The Labute approximate surface area is 241 Å². The van der Waals surface area contributed by atoms with Gasteiger partial charge >= 0.3 is 0 Å². The number of benzene rings is 3. The Morgan fingerprint density at radius 1 is 1.00 bits per heavy atom. The fourth-order valence-corrected chi connectivity index (χ4v) is 3.80. The molecule has 3 aromatic carbocycles. The van der Waals surface area contributed by atoms with E-state index in [1.165, 1.54) is 11.9 Å². The van der Waals surface area contributed by atoms with Crippen LogP contribution in [0.15, 0.2) is 108 Å². The number of phenolic OH excluding ortho intramolecular Hbond substituents is 1. The molecule has 3 aromatic rings. The van der Waals surface area contributed by atoms with Crippen molar-refractivity contribution in [1.29, 1.82) is 0 Å². The fourth-order valence-electron chi connectivity index (χ4n) is 3.80. The minimum atomic E-state index is -0.574. The number of amides is 2. The zero-order valence-electron chi connectivity index (χ0n) is 23.8. The number of para-hydroxylation sites is 1. The molecular weight excluding hydrogens is 514 g/mol. The lowest BCUT2D eigenvalue weighted by Gasteiger charge is -2.15. The van der Waals surface area contributed by atoms with E-state index in [-0.39, 0.29) is 23.3 Å². The zero-order chi connectivity index (χ0) is 29.6. The Bertz CT molecular complexity index is 1420. The summed E-state index contributed by atoms with van der Waals surface area (Å²) in [5.41, 5.74) is 6.83. The molecular formula is C33H37N5O3. The van der Waals surface area contributed by atoms with Gasteiger partial charge in [0.25, 0.3) is 5.91 Å². The molecule has 0 saturated heterocycles. The largest absolute Gasteiger partial charge is 0.507 e. The van der Waals surface area contributed by atoms with Crippen LogP contribution in [0.25, 0.3) is 6.08 Å². The molecule has 0 bridgehead atoms. The summed E-state index contributed by atoms with van der Waals surface area (Å²) < 4.78 is 0. The van der Waals surface area contributed by atoms with Crippen molar-refractivity contribution in [3.8, 4) is 5.75 Å². The van der Waals surface area contributed by atoms with Gasteiger partial charge in [-0.3, -0.25) is 9.59 Å². The minimum Gasteiger partial charge on any atom is -0.507 e. The van der Waals surface area contributed by atoms with Gasteiger partial charge in [-0.05, 0) is 61.4 Å². The SMILES string of the molecule is CN(C)c1ccccc1.CNc1ccc(/C=C(\NC(=O)C2C=CC=CC2)C(=O)N/N=C/c2cc(C)ccc2O)cc1. The molecule has 1 aliphatic rings. The van der Waals surface area contributed by atoms with E-state index in [9.17, 15) is 14.7 Å². The highest BCUT2D eigenvalue weighted by molar-refractivity contribution is 6.02. The zero-order valence-corrected chi connectivity index (χ0v) is 23.8. The van der Waals surface area contributed by atoms with Crippen molar-refractivity contribution in [3.63, 3.8) is 0 Å². The van der Waals surface area contributed by atoms with Gasteiger partial charge in [-0.1, -0.05) is 66.3 Å². The molecule has 0 spiro atoms. The quantitative estimate of drug-likeness (QED) is 0.174. The lowest BCUT2D eigenvalue weighted by Crippen LogP contribution is -2.36. The molecule has 41 heavy (non-hydrogen) atoms. The molecule has 1 atom stereocenters. The topological polar surface area (TPSA) is 106 Å². The number of aryl methyl sites for hydroxylation is 1. The van der Waals surface area contributed by atoms with Gasteiger partial charge in [-0.15, -0.1) is 0 Å². The van der Waals surface area contributed by atoms with E-state index in [2.05, 4.69) is 38.2 Å². The van der Waals surface area contributed by atoms with Gasteiger partial charge < -0.3 is 20.6 Å². The van der Waals surface area contributed by atoms with Crippen LogP contribution in [-0.2, 0) is 9.59 Å². The molecule has 1 unspecified atom stereocenters. The van der Waals surface area contributed by atoms with Crippen molar-refractivity contribution < 1.29 is 14.7 Å². The van der Waals surface area contributed by atoms with E-state index >= 15 is 0 Å². The first-order valence-corrected chi connectivity index (χ1v) is 13.3. The summed E-state index contributed by atoms with van der Waals surface area (Å²) in [6, 6.07) is 22.8. The van der Waals surface area contributed by atoms with E-state index in [0.29, 0.717) is 12.0 Å². The van der Waals surface area contributed by atoms with Crippen LogP contribution < -0.4 is 21.0 Å². The third-order valence-electron chi connectivity index (χ3n) is 6.16. The highest BCUT2D eigenvalue weighted by Gasteiger charge is 2.19. The molecule has 8 nitrogen and oxygen atoms in total. The predicted octanol–water partition coefficient (Wildman–Crippen LogP) is 5.23. The predicted molar refractivity (Wildman–Crippen MR) is 168 cm³/mol. The molecule has 0 fully saturated rings. The van der Waals surface area contributed by atoms with Crippen LogP contribution in [0.3, 0.4) is 0 Å². The number of hydrazone groups is 1. The molecule has 8 heteroatoms. The summed E-state index contributed by atoms with van der Waals surface area (Å²) in [4.78, 5) is 27.6.